The standard InChI is InChI=1S/C27H28FN5O3/c1-33-23-15-18(9-12-27(36)10-3-11-27)5-6-20(23)7-8-22(25(33)34)32-26(35)31-17-19(16-29)14-21-4-2-13-30-24(21)28/h2,4-6,13,15-17,22,29,36H,3,7-8,10-11,14H2,1H3,(H2,31,32,35)/b19-17-,29-16?. The van der Waals surface area contributed by atoms with Crippen molar-refractivity contribution in [3.8, 4) is 11.8 Å². The van der Waals surface area contributed by atoms with Gasteiger partial charge in [-0.2, -0.15) is 4.39 Å². The van der Waals surface area contributed by atoms with Gasteiger partial charge in [0.05, 0.1) is 0 Å². The molecule has 0 spiro atoms. The maximum Gasteiger partial charge on any atom is 0.319 e. The van der Waals surface area contributed by atoms with Gasteiger partial charge in [-0.1, -0.05) is 24.0 Å². The molecule has 4 N–H and O–H groups in total. The normalized spacial score (nSPS) is 18.6. The summed E-state index contributed by atoms with van der Waals surface area (Å²) in [5.41, 5.74) is 2.17. The third kappa shape index (κ3) is 5.78. The van der Waals surface area contributed by atoms with E-state index in [1.165, 1.54) is 17.3 Å². The van der Waals surface area contributed by atoms with Crippen molar-refractivity contribution in [3.63, 3.8) is 0 Å². The number of carbonyl (C=O) groups excluding carboxylic acids is 2. The number of aliphatic hydroxyl groups is 1. The van der Waals surface area contributed by atoms with Crippen LogP contribution in [-0.4, -0.2) is 46.9 Å². The van der Waals surface area contributed by atoms with E-state index in [9.17, 15) is 19.1 Å². The first-order valence-electron chi connectivity index (χ1n) is 11.8. The van der Waals surface area contributed by atoms with Gasteiger partial charge in [0.1, 0.15) is 11.6 Å². The predicted octanol–water partition coefficient (Wildman–Crippen LogP) is 2.84. The third-order valence-electron chi connectivity index (χ3n) is 6.51. The Bertz CT molecular complexity index is 1280. The zero-order chi connectivity index (χ0) is 25.7. The van der Waals surface area contributed by atoms with Gasteiger partial charge in [-0.25, -0.2) is 9.78 Å². The minimum absolute atomic E-state index is 0.0898. The Hall–Kier alpha value is -4.03. The average molecular weight is 490 g/mol. The van der Waals surface area contributed by atoms with E-state index in [0.717, 1.165) is 23.9 Å². The number of rotatable bonds is 5. The molecule has 2 heterocycles. The number of amides is 3. The number of urea groups is 1. The molecule has 9 heteroatoms. The number of pyridine rings is 1. The number of carbonyl (C=O) groups is 2. The average Bonchev–Trinajstić information content (AvgIpc) is 2.97. The highest BCUT2D eigenvalue weighted by atomic mass is 19.1. The molecule has 1 atom stereocenters. The number of likely N-dealkylation sites (N-methyl/N-ethyl adjacent to an activating group) is 1. The summed E-state index contributed by atoms with van der Waals surface area (Å²) in [7, 11) is 1.66. The van der Waals surface area contributed by atoms with Crippen molar-refractivity contribution in [1.82, 2.24) is 15.6 Å². The van der Waals surface area contributed by atoms with E-state index in [2.05, 4.69) is 27.5 Å². The molecule has 1 unspecified atom stereocenters. The first-order valence-corrected chi connectivity index (χ1v) is 11.8. The first-order chi connectivity index (χ1) is 17.3. The molecule has 1 aromatic carbocycles. The topological polar surface area (TPSA) is 118 Å². The van der Waals surface area contributed by atoms with Crippen LogP contribution in [0.1, 0.15) is 42.4 Å². The van der Waals surface area contributed by atoms with Crippen LogP contribution in [0.5, 0.6) is 0 Å². The van der Waals surface area contributed by atoms with E-state index in [1.54, 1.807) is 19.2 Å². The monoisotopic (exact) mass is 489 g/mol. The number of nitrogens with zero attached hydrogens (tertiary/aromatic N) is 2. The van der Waals surface area contributed by atoms with Crippen LogP contribution in [0.3, 0.4) is 0 Å². The maximum atomic E-state index is 13.8. The van der Waals surface area contributed by atoms with Gasteiger partial charge < -0.3 is 26.0 Å². The fraction of sp³-hybridized carbons (Fsp3) is 0.333. The van der Waals surface area contributed by atoms with E-state index in [4.69, 9.17) is 5.41 Å². The molecular weight excluding hydrogens is 461 g/mol. The van der Waals surface area contributed by atoms with Gasteiger partial charge in [0, 0.05) is 48.9 Å². The number of allylic oxidation sites excluding steroid dienone is 1. The summed E-state index contributed by atoms with van der Waals surface area (Å²) in [5.74, 6) is 5.06. The molecule has 3 amide bonds. The van der Waals surface area contributed by atoms with Crippen LogP contribution >= 0.6 is 0 Å². The molecule has 1 fully saturated rings. The molecule has 36 heavy (non-hydrogen) atoms. The second kappa shape index (κ2) is 10.7. The molecular formula is C27H28FN5O3. The van der Waals surface area contributed by atoms with Crippen molar-refractivity contribution in [2.24, 2.45) is 0 Å². The van der Waals surface area contributed by atoms with Gasteiger partial charge in [0.15, 0.2) is 0 Å². The number of halogens is 1. The van der Waals surface area contributed by atoms with E-state index in [1.807, 2.05) is 18.2 Å². The molecule has 0 radical (unpaired) electrons. The zero-order valence-electron chi connectivity index (χ0n) is 20.0. The fourth-order valence-corrected chi connectivity index (χ4v) is 4.17. The Morgan fingerprint density at radius 2 is 2.19 bits per heavy atom. The second-order valence-corrected chi connectivity index (χ2v) is 9.08. The van der Waals surface area contributed by atoms with Crippen molar-refractivity contribution in [2.45, 2.75) is 50.2 Å². The Labute approximate surface area is 209 Å². The summed E-state index contributed by atoms with van der Waals surface area (Å²) in [4.78, 5) is 30.7. The van der Waals surface area contributed by atoms with Gasteiger partial charge in [-0.05, 0) is 61.4 Å². The Morgan fingerprint density at radius 1 is 1.39 bits per heavy atom. The number of hydrogen-bond donors (Lipinski definition) is 4. The number of benzene rings is 1. The van der Waals surface area contributed by atoms with Crippen LogP contribution < -0.4 is 15.5 Å². The number of aromatic nitrogens is 1. The number of anilines is 1. The SMILES string of the molecule is CN1C(=O)C(NC(=O)N/C=C(\C=N)Cc2cccnc2F)CCc2ccc(C#CC3(O)CCC3)cc21. The lowest BCUT2D eigenvalue weighted by Crippen LogP contribution is -2.49. The van der Waals surface area contributed by atoms with Crippen molar-refractivity contribution in [1.29, 1.82) is 5.41 Å². The highest BCUT2D eigenvalue weighted by Crippen LogP contribution is 2.31. The van der Waals surface area contributed by atoms with E-state index in [-0.39, 0.29) is 12.3 Å². The maximum absolute atomic E-state index is 13.8. The van der Waals surface area contributed by atoms with Gasteiger partial charge in [-0.3, -0.25) is 4.79 Å². The predicted molar refractivity (Wildman–Crippen MR) is 134 cm³/mol. The Kier molecular flexibility index (Phi) is 7.46. The van der Waals surface area contributed by atoms with Crippen LogP contribution in [0, 0.1) is 23.2 Å². The molecule has 1 aliphatic heterocycles. The van der Waals surface area contributed by atoms with Crippen molar-refractivity contribution in [3.05, 3.63) is 70.9 Å². The molecule has 0 saturated heterocycles. The van der Waals surface area contributed by atoms with E-state index < -0.39 is 23.6 Å². The van der Waals surface area contributed by atoms with Crippen LogP contribution in [0.2, 0.25) is 0 Å². The lowest BCUT2D eigenvalue weighted by Gasteiger charge is -2.30. The van der Waals surface area contributed by atoms with Gasteiger partial charge in [0.25, 0.3) is 0 Å². The largest absolute Gasteiger partial charge is 0.378 e. The van der Waals surface area contributed by atoms with Crippen molar-refractivity contribution in [2.75, 3.05) is 11.9 Å². The molecule has 0 bridgehead atoms. The highest BCUT2D eigenvalue weighted by Gasteiger charge is 2.32. The molecule has 1 aromatic heterocycles. The summed E-state index contributed by atoms with van der Waals surface area (Å²) in [6.07, 6.45) is 7.08. The highest BCUT2D eigenvalue weighted by molar-refractivity contribution is 6.00. The molecule has 2 aromatic rings. The quantitative estimate of drug-likeness (QED) is 0.293. The number of fused-ring (bicyclic) bond motifs is 1. The lowest BCUT2D eigenvalue weighted by atomic mass is 9.81. The molecule has 1 aliphatic carbocycles. The van der Waals surface area contributed by atoms with Crippen LogP contribution in [-0.2, 0) is 17.6 Å². The van der Waals surface area contributed by atoms with Crippen LogP contribution in [0.25, 0.3) is 0 Å². The molecule has 2 aliphatic rings. The van der Waals surface area contributed by atoms with Crippen molar-refractivity contribution < 1.29 is 19.1 Å². The second-order valence-electron chi connectivity index (χ2n) is 9.08. The fourth-order valence-electron chi connectivity index (χ4n) is 4.17. The summed E-state index contributed by atoms with van der Waals surface area (Å²) < 4.78 is 13.8. The van der Waals surface area contributed by atoms with E-state index >= 15 is 0 Å². The first kappa shape index (κ1) is 25.1. The summed E-state index contributed by atoms with van der Waals surface area (Å²) >= 11 is 0. The molecule has 1 saturated carbocycles. The van der Waals surface area contributed by atoms with Gasteiger partial charge in [-0.15, -0.1) is 0 Å². The molecule has 4 rings (SSSR count). The third-order valence-corrected chi connectivity index (χ3v) is 6.51. The minimum atomic E-state index is -0.908. The minimum Gasteiger partial charge on any atom is -0.378 e. The smallest absolute Gasteiger partial charge is 0.319 e. The zero-order valence-corrected chi connectivity index (χ0v) is 20.0. The molecule has 8 nitrogen and oxygen atoms in total. The number of hydrogen-bond acceptors (Lipinski definition) is 5. The number of nitrogens with one attached hydrogen (secondary N) is 3. The van der Waals surface area contributed by atoms with Crippen molar-refractivity contribution >= 4 is 23.8 Å². The summed E-state index contributed by atoms with van der Waals surface area (Å²) in [6.45, 7) is 0. The van der Waals surface area contributed by atoms with Crippen LogP contribution in [0.4, 0.5) is 14.9 Å². The van der Waals surface area contributed by atoms with Crippen LogP contribution in [0.15, 0.2) is 48.3 Å². The number of aryl methyl sites for hydroxylation is 1. The summed E-state index contributed by atoms with van der Waals surface area (Å²) in [5, 5.41) is 23.0. The van der Waals surface area contributed by atoms with Gasteiger partial charge >= 0.3 is 6.03 Å². The molecule has 186 valence electrons. The Morgan fingerprint density at radius 3 is 2.89 bits per heavy atom. The Balaban J connectivity index is 1.40. The van der Waals surface area contributed by atoms with Gasteiger partial charge in [0.2, 0.25) is 11.9 Å². The summed E-state index contributed by atoms with van der Waals surface area (Å²) in [6, 6.07) is 7.44. The lowest BCUT2D eigenvalue weighted by molar-refractivity contribution is -0.120. The van der Waals surface area contributed by atoms with E-state index in [0.29, 0.717) is 42.4 Å².